The number of likely N-dealkylation sites (tertiary alicyclic amines) is 1. The molecule has 30 heavy (non-hydrogen) atoms. The number of carbonyl (C=O) groups is 1. The van der Waals surface area contributed by atoms with E-state index in [0.717, 1.165) is 51.1 Å². The molecule has 1 spiro atoms. The van der Waals surface area contributed by atoms with E-state index in [2.05, 4.69) is 40.3 Å². The van der Waals surface area contributed by atoms with Crippen LogP contribution in [0.5, 0.6) is 5.75 Å². The van der Waals surface area contributed by atoms with Gasteiger partial charge in [-0.2, -0.15) is 0 Å². The van der Waals surface area contributed by atoms with E-state index in [9.17, 15) is 4.79 Å². The van der Waals surface area contributed by atoms with Crippen molar-refractivity contribution in [3.05, 3.63) is 59.4 Å². The number of aryl methyl sites for hydroxylation is 1. The van der Waals surface area contributed by atoms with Gasteiger partial charge in [0.25, 0.3) is 5.91 Å². The molecule has 2 saturated heterocycles. The summed E-state index contributed by atoms with van der Waals surface area (Å²) in [5.41, 5.74) is 3.08. The number of hydrogen-bond acceptors (Lipinski definition) is 5. The number of aromatic nitrogens is 1. The zero-order valence-corrected chi connectivity index (χ0v) is 17.9. The molecule has 4 rings (SSSR count). The van der Waals surface area contributed by atoms with Gasteiger partial charge in [0, 0.05) is 38.6 Å². The maximum atomic E-state index is 12.2. The standard InChI is InChI=1S/C24H31N3O3/c1-18-14-19(5-6-22(18)29-2)17-27-12-9-24(10-13-27)8-7-21(30-24)16-26-23(28)20-4-3-11-25-15-20/h3-6,11,14-15,21H,7-10,12-13,16-17H2,1-2H3,(H,26,28). The lowest BCUT2D eigenvalue weighted by atomic mass is 9.88. The fourth-order valence-corrected chi connectivity index (χ4v) is 4.63. The fourth-order valence-electron chi connectivity index (χ4n) is 4.63. The predicted molar refractivity (Wildman–Crippen MR) is 116 cm³/mol. The van der Waals surface area contributed by atoms with E-state index in [1.54, 1.807) is 31.6 Å². The van der Waals surface area contributed by atoms with Crippen LogP contribution in [-0.4, -0.2) is 54.2 Å². The summed E-state index contributed by atoms with van der Waals surface area (Å²) >= 11 is 0. The zero-order valence-electron chi connectivity index (χ0n) is 17.9. The monoisotopic (exact) mass is 409 g/mol. The first-order valence-corrected chi connectivity index (χ1v) is 10.8. The average Bonchev–Trinajstić information content (AvgIpc) is 3.17. The van der Waals surface area contributed by atoms with Crippen LogP contribution in [0.15, 0.2) is 42.7 Å². The number of hydrogen-bond donors (Lipinski definition) is 1. The summed E-state index contributed by atoms with van der Waals surface area (Å²) < 4.78 is 11.8. The van der Waals surface area contributed by atoms with Crippen molar-refractivity contribution < 1.29 is 14.3 Å². The van der Waals surface area contributed by atoms with Crippen molar-refractivity contribution >= 4 is 5.91 Å². The molecule has 6 nitrogen and oxygen atoms in total. The highest BCUT2D eigenvalue weighted by Gasteiger charge is 2.42. The van der Waals surface area contributed by atoms with Crippen LogP contribution in [0, 0.1) is 6.92 Å². The Morgan fingerprint density at radius 1 is 1.30 bits per heavy atom. The van der Waals surface area contributed by atoms with Crippen molar-refractivity contribution in [3.63, 3.8) is 0 Å². The summed E-state index contributed by atoms with van der Waals surface area (Å²) in [7, 11) is 1.71. The van der Waals surface area contributed by atoms with Gasteiger partial charge in [0.05, 0.1) is 24.4 Å². The van der Waals surface area contributed by atoms with Crippen LogP contribution in [0.4, 0.5) is 0 Å². The molecular weight excluding hydrogens is 378 g/mol. The Hall–Kier alpha value is -2.44. The second kappa shape index (κ2) is 9.14. The third kappa shape index (κ3) is 4.82. The third-order valence-electron chi connectivity index (χ3n) is 6.39. The maximum Gasteiger partial charge on any atom is 0.252 e. The molecule has 2 aliphatic rings. The third-order valence-corrected chi connectivity index (χ3v) is 6.39. The quantitative estimate of drug-likeness (QED) is 0.793. The predicted octanol–water partition coefficient (Wildman–Crippen LogP) is 3.34. The minimum atomic E-state index is -0.0859. The van der Waals surface area contributed by atoms with Gasteiger partial charge in [-0.1, -0.05) is 12.1 Å². The normalized spacial score (nSPS) is 20.9. The van der Waals surface area contributed by atoms with E-state index < -0.39 is 0 Å². The SMILES string of the molecule is COc1ccc(CN2CCC3(CCC(CNC(=O)c4cccnc4)O3)CC2)cc1C. The summed E-state index contributed by atoms with van der Waals surface area (Å²) in [6, 6.07) is 9.98. The van der Waals surface area contributed by atoms with Crippen molar-refractivity contribution in [2.75, 3.05) is 26.7 Å². The molecule has 1 aromatic heterocycles. The molecule has 1 atom stereocenters. The van der Waals surface area contributed by atoms with Crippen LogP contribution < -0.4 is 10.1 Å². The molecule has 1 amide bonds. The Kier molecular flexibility index (Phi) is 6.35. The molecule has 0 saturated carbocycles. The van der Waals surface area contributed by atoms with Crippen molar-refractivity contribution in [2.24, 2.45) is 0 Å². The minimum absolute atomic E-state index is 0.0178. The molecule has 2 aliphatic heterocycles. The number of rotatable bonds is 6. The van der Waals surface area contributed by atoms with Gasteiger partial charge in [0.15, 0.2) is 0 Å². The van der Waals surface area contributed by atoms with Gasteiger partial charge in [-0.15, -0.1) is 0 Å². The number of ether oxygens (including phenoxy) is 2. The van der Waals surface area contributed by atoms with Crippen molar-refractivity contribution in [1.29, 1.82) is 0 Å². The molecular formula is C24H31N3O3. The summed E-state index contributed by atoms with van der Waals surface area (Å²) in [6.07, 6.45) is 7.54. The topological polar surface area (TPSA) is 63.7 Å². The number of amides is 1. The summed E-state index contributed by atoms with van der Waals surface area (Å²) in [4.78, 5) is 18.7. The first-order valence-electron chi connectivity index (χ1n) is 10.8. The molecule has 6 heteroatoms. The van der Waals surface area contributed by atoms with Crippen LogP contribution >= 0.6 is 0 Å². The Morgan fingerprint density at radius 2 is 2.13 bits per heavy atom. The van der Waals surface area contributed by atoms with Crippen LogP contribution in [0.1, 0.15) is 47.2 Å². The molecule has 0 aliphatic carbocycles. The smallest absolute Gasteiger partial charge is 0.252 e. The molecule has 3 heterocycles. The molecule has 0 bridgehead atoms. The zero-order chi connectivity index (χ0) is 21.0. The molecule has 1 unspecified atom stereocenters. The maximum absolute atomic E-state index is 12.2. The van der Waals surface area contributed by atoms with E-state index in [0.29, 0.717) is 12.1 Å². The van der Waals surface area contributed by atoms with Gasteiger partial charge in [-0.05, 0) is 61.9 Å². The van der Waals surface area contributed by atoms with E-state index in [-0.39, 0.29) is 17.6 Å². The number of methoxy groups -OCH3 is 1. The van der Waals surface area contributed by atoms with E-state index in [4.69, 9.17) is 9.47 Å². The molecule has 0 radical (unpaired) electrons. The summed E-state index contributed by atoms with van der Waals surface area (Å²) in [5, 5.41) is 2.99. The highest BCUT2D eigenvalue weighted by atomic mass is 16.5. The van der Waals surface area contributed by atoms with E-state index in [1.165, 1.54) is 11.1 Å². The van der Waals surface area contributed by atoms with Crippen molar-refractivity contribution in [2.45, 2.75) is 50.9 Å². The summed E-state index contributed by atoms with van der Waals surface area (Å²) in [5.74, 6) is 0.856. The first-order chi connectivity index (χ1) is 14.6. The van der Waals surface area contributed by atoms with Gasteiger partial charge >= 0.3 is 0 Å². The Bertz CT molecular complexity index is 863. The van der Waals surface area contributed by atoms with Gasteiger partial charge in [-0.25, -0.2) is 0 Å². The van der Waals surface area contributed by atoms with Gasteiger partial charge < -0.3 is 14.8 Å². The van der Waals surface area contributed by atoms with Gasteiger partial charge in [0.2, 0.25) is 0 Å². The Labute approximate surface area is 178 Å². The molecule has 1 aromatic carbocycles. The van der Waals surface area contributed by atoms with Crippen molar-refractivity contribution in [3.8, 4) is 5.75 Å². The van der Waals surface area contributed by atoms with Crippen LogP contribution in [-0.2, 0) is 11.3 Å². The Morgan fingerprint density at radius 3 is 2.83 bits per heavy atom. The highest BCUT2D eigenvalue weighted by molar-refractivity contribution is 5.93. The summed E-state index contributed by atoms with van der Waals surface area (Å²) in [6.45, 7) is 5.70. The van der Waals surface area contributed by atoms with Crippen LogP contribution in [0.2, 0.25) is 0 Å². The van der Waals surface area contributed by atoms with E-state index >= 15 is 0 Å². The highest BCUT2D eigenvalue weighted by Crippen LogP contribution is 2.39. The number of carbonyl (C=O) groups excluding carboxylic acids is 1. The van der Waals surface area contributed by atoms with Gasteiger partial charge in [-0.3, -0.25) is 14.7 Å². The second-order valence-corrected chi connectivity index (χ2v) is 8.49. The number of pyridine rings is 1. The fraction of sp³-hybridized carbons (Fsp3) is 0.500. The molecule has 160 valence electrons. The largest absolute Gasteiger partial charge is 0.496 e. The Balaban J connectivity index is 1.24. The minimum Gasteiger partial charge on any atom is -0.496 e. The second-order valence-electron chi connectivity index (χ2n) is 8.49. The molecule has 1 N–H and O–H groups in total. The number of nitrogens with zero attached hydrogens (tertiary/aromatic N) is 2. The molecule has 2 fully saturated rings. The first kappa shape index (κ1) is 20.8. The number of piperidine rings is 1. The van der Waals surface area contributed by atoms with Gasteiger partial charge in [0.1, 0.15) is 5.75 Å². The van der Waals surface area contributed by atoms with E-state index in [1.807, 2.05) is 0 Å². The van der Waals surface area contributed by atoms with Crippen LogP contribution in [0.25, 0.3) is 0 Å². The number of benzene rings is 1. The number of nitrogens with one attached hydrogen (secondary N) is 1. The average molecular weight is 410 g/mol. The lowest BCUT2D eigenvalue weighted by Gasteiger charge is -2.39. The lowest BCUT2D eigenvalue weighted by Crippen LogP contribution is -2.44. The van der Waals surface area contributed by atoms with Crippen LogP contribution in [0.3, 0.4) is 0 Å². The lowest BCUT2D eigenvalue weighted by molar-refractivity contribution is -0.0764. The van der Waals surface area contributed by atoms with Crippen molar-refractivity contribution in [1.82, 2.24) is 15.2 Å². The molecule has 2 aromatic rings.